The van der Waals surface area contributed by atoms with E-state index in [1.54, 1.807) is 23.0 Å². The number of rotatable bonds is 6. The summed E-state index contributed by atoms with van der Waals surface area (Å²) in [7, 11) is 0. The predicted octanol–water partition coefficient (Wildman–Crippen LogP) is 4.41. The number of halogens is 3. The molecule has 1 N–H and O–H groups in total. The molecule has 6 nitrogen and oxygen atoms in total. The monoisotopic (exact) mass is 410 g/mol. The maximum absolute atomic E-state index is 13.3. The van der Waals surface area contributed by atoms with Crippen molar-refractivity contribution in [2.75, 3.05) is 5.32 Å². The highest BCUT2D eigenvalue weighted by atomic mass is 19.4. The van der Waals surface area contributed by atoms with Gasteiger partial charge in [-0.05, 0) is 17.7 Å². The van der Waals surface area contributed by atoms with Crippen molar-refractivity contribution in [1.82, 2.24) is 24.7 Å². The molecule has 3 aromatic heterocycles. The van der Waals surface area contributed by atoms with E-state index in [1.165, 1.54) is 12.4 Å². The van der Waals surface area contributed by atoms with E-state index in [-0.39, 0.29) is 18.2 Å². The van der Waals surface area contributed by atoms with Gasteiger partial charge < -0.3 is 5.32 Å². The van der Waals surface area contributed by atoms with Crippen LogP contribution in [-0.2, 0) is 19.3 Å². The Labute approximate surface area is 170 Å². The number of aromatic nitrogens is 5. The lowest BCUT2D eigenvalue weighted by molar-refractivity contribution is -0.141. The van der Waals surface area contributed by atoms with Crippen LogP contribution in [0.5, 0.6) is 0 Å². The highest BCUT2D eigenvalue weighted by molar-refractivity contribution is 5.57. The summed E-state index contributed by atoms with van der Waals surface area (Å²) in [6, 6.07) is 13.9. The van der Waals surface area contributed by atoms with Crippen LogP contribution in [0.25, 0.3) is 11.4 Å². The molecule has 0 aliphatic heterocycles. The van der Waals surface area contributed by atoms with Crippen LogP contribution in [0.2, 0.25) is 0 Å². The van der Waals surface area contributed by atoms with Crippen molar-refractivity contribution in [3.8, 4) is 11.4 Å². The molecule has 0 unspecified atom stereocenters. The normalized spacial score (nSPS) is 11.4. The lowest BCUT2D eigenvalue weighted by Crippen LogP contribution is -2.12. The molecule has 1 aromatic carbocycles. The lowest BCUT2D eigenvalue weighted by atomic mass is 10.2. The highest BCUT2D eigenvalue weighted by Crippen LogP contribution is 2.30. The molecule has 0 aliphatic rings. The number of anilines is 1. The molecule has 0 spiro atoms. The molecule has 3 heterocycles. The van der Waals surface area contributed by atoms with Crippen molar-refractivity contribution in [2.45, 2.75) is 19.3 Å². The standard InChI is InChI=1S/C21H17F3N6/c22-21(23,24)18-10-19(29-20(28-18)17-6-8-25-9-7-17)26-11-16-12-27-30(14-16)13-15-4-2-1-3-5-15/h1-10,12,14H,11,13H2,(H,26,28,29). The maximum atomic E-state index is 13.3. The number of pyridine rings is 1. The fraction of sp³-hybridized carbons (Fsp3) is 0.143. The fourth-order valence-corrected chi connectivity index (χ4v) is 2.86. The second-order valence-corrected chi connectivity index (χ2v) is 6.58. The van der Waals surface area contributed by atoms with Crippen molar-refractivity contribution in [3.05, 3.63) is 90.1 Å². The third-order valence-electron chi connectivity index (χ3n) is 4.30. The van der Waals surface area contributed by atoms with Gasteiger partial charge in [0.05, 0.1) is 12.7 Å². The number of hydrogen-bond acceptors (Lipinski definition) is 5. The number of nitrogens with one attached hydrogen (secondary N) is 1. The van der Waals surface area contributed by atoms with E-state index < -0.39 is 11.9 Å². The molecule has 152 valence electrons. The van der Waals surface area contributed by atoms with E-state index in [9.17, 15) is 13.2 Å². The summed E-state index contributed by atoms with van der Waals surface area (Å²) in [5.41, 5.74) is 1.37. The van der Waals surface area contributed by atoms with Crippen LogP contribution in [0.1, 0.15) is 16.8 Å². The van der Waals surface area contributed by atoms with Gasteiger partial charge in [-0.1, -0.05) is 30.3 Å². The second kappa shape index (κ2) is 8.32. The first-order chi connectivity index (χ1) is 14.5. The van der Waals surface area contributed by atoms with Crippen molar-refractivity contribution in [2.24, 2.45) is 0 Å². The predicted molar refractivity (Wildman–Crippen MR) is 105 cm³/mol. The molecule has 30 heavy (non-hydrogen) atoms. The molecule has 4 rings (SSSR count). The molecular weight excluding hydrogens is 393 g/mol. The lowest BCUT2D eigenvalue weighted by Gasteiger charge is -2.11. The average Bonchev–Trinajstić information content (AvgIpc) is 3.20. The van der Waals surface area contributed by atoms with Gasteiger partial charge >= 0.3 is 6.18 Å². The second-order valence-electron chi connectivity index (χ2n) is 6.58. The van der Waals surface area contributed by atoms with Crippen molar-refractivity contribution < 1.29 is 13.2 Å². The number of nitrogens with zero attached hydrogens (tertiary/aromatic N) is 5. The quantitative estimate of drug-likeness (QED) is 0.510. The van der Waals surface area contributed by atoms with Gasteiger partial charge in [-0.3, -0.25) is 9.67 Å². The van der Waals surface area contributed by atoms with Crippen LogP contribution < -0.4 is 5.32 Å². The fourth-order valence-electron chi connectivity index (χ4n) is 2.86. The van der Waals surface area contributed by atoms with Gasteiger partial charge in [0.15, 0.2) is 11.5 Å². The Morgan fingerprint density at radius 2 is 1.70 bits per heavy atom. The van der Waals surface area contributed by atoms with Crippen LogP contribution >= 0.6 is 0 Å². The van der Waals surface area contributed by atoms with Crippen molar-refractivity contribution in [3.63, 3.8) is 0 Å². The van der Waals surface area contributed by atoms with Gasteiger partial charge in [-0.25, -0.2) is 9.97 Å². The first kappa shape index (κ1) is 19.6. The molecule has 0 saturated heterocycles. The number of hydrogen-bond donors (Lipinski definition) is 1. The minimum atomic E-state index is -4.58. The Balaban J connectivity index is 1.52. The van der Waals surface area contributed by atoms with E-state index in [1.807, 2.05) is 36.5 Å². The first-order valence-corrected chi connectivity index (χ1v) is 9.13. The maximum Gasteiger partial charge on any atom is 0.433 e. The van der Waals surface area contributed by atoms with Crippen LogP contribution in [0, 0.1) is 0 Å². The van der Waals surface area contributed by atoms with Gasteiger partial charge in [0.25, 0.3) is 0 Å². The number of benzene rings is 1. The zero-order chi connectivity index (χ0) is 21.0. The van der Waals surface area contributed by atoms with Crippen LogP contribution in [0.15, 0.2) is 73.3 Å². The molecule has 0 radical (unpaired) electrons. The molecule has 0 saturated carbocycles. The largest absolute Gasteiger partial charge is 0.433 e. The summed E-state index contributed by atoms with van der Waals surface area (Å²) >= 11 is 0. The Morgan fingerprint density at radius 3 is 2.43 bits per heavy atom. The first-order valence-electron chi connectivity index (χ1n) is 9.13. The SMILES string of the molecule is FC(F)(F)c1cc(NCc2cnn(Cc3ccccc3)c2)nc(-c2ccncc2)n1. The summed E-state index contributed by atoms with van der Waals surface area (Å²) in [6.07, 6.45) is 1.89. The smallest absolute Gasteiger partial charge is 0.366 e. The summed E-state index contributed by atoms with van der Waals surface area (Å²) in [5.74, 6) is 0.0643. The summed E-state index contributed by atoms with van der Waals surface area (Å²) in [6.45, 7) is 0.887. The Kier molecular flexibility index (Phi) is 5.42. The minimum Gasteiger partial charge on any atom is -0.366 e. The van der Waals surface area contributed by atoms with E-state index >= 15 is 0 Å². The molecule has 0 bridgehead atoms. The van der Waals surface area contributed by atoms with E-state index in [0.29, 0.717) is 12.1 Å². The third kappa shape index (κ3) is 4.80. The summed E-state index contributed by atoms with van der Waals surface area (Å²) in [4.78, 5) is 11.8. The zero-order valence-corrected chi connectivity index (χ0v) is 15.7. The van der Waals surface area contributed by atoms with Gasteiger partial charge in [-0.2, -0.15) is 18.3 Å². The van der Waals surface area contributed by atoms with Gasteiger partial charge in [0.2, 0.25) is 0 Å². The van der Waals surface area contributed by atoms with Crippen LogP contribution in [0.3, 0.4) is 0 Å². The molecule has 0 atom stereocenters. The minimum absolute atomic E-state index is 0.0190. The van der Waals surface area contributed by atoms with E-state index in [4.69, 9.17) is 0 Å². The van der Waals surface area contributed by atoms with E-state index in [0.717, 1.165) is 17.2 Å². The Morgan fingerprint density at radius 1 is 0.933 bits per heavy atom. The zero-order valence-electron chi connectivity index (χ0n) is 15.7. The molecule has 9 heteroatoms. The average molecular weight is 410 g/mol. The van der Waals surface area contributed by atoms with Crippen LogP contribution in [-0.4, -0.2) is 24.7 Å². The third-order valence-corrected chi connectivity index (χ3v) is 4.30. The molecule has 0 fully saturated rings. The molecule has 0 amide bonds. The molecular formula is C21H17F3N6. The topological polar surface area (TPSA) is 68.5 Å². The highest BCUT2D eigenvalue weighted by Gasteiger charge is 2.33. The molecule has 0 aliphatic carbocycles. The van der Waals surface area contributed by atoms with Crippen molar-refractivity contribution in [1.29, 1.82) is 0 Å². The summed E-state index contributed by atoms with van der Waals surface area (Å²) in [5, 5.41) is 7.24. The Hall–Kier alpha value is -3.75. The van der Waals surface area contributed by atoms with E-state index in [2.05, 4.69) is 25.4 Å². The van der Waals surface area contributed by atoms with Gasteiger partial charge in [-0.15, -0.1) is 0 Å². The Bertz CT molecular complexity index is 1110. The van der Waals surface area contributed by atoms with Gasteiger partial charge in [0, 0.05) is 42.3 Å². The summed E-state index contributed by atoms with van der Waals surface area (Å²) < 4.78 is 41.7. The van der Waals surface area contributed by atoms with Crippen molar-refractivity contribution >= 4 is 5.82 Å². The van der Waals surface area contributed by atoms with Crippen LogP contribution in [0.4, 0.5) is 19.0 Å². The molecule has 4 aromatic rings. The van der Waals surface area contributed by atoms with Gasteiger partial charge in [0.1, 0.15) is 5.82 Å². The number of alkyl halides is 3.